The van der Waals surface area contributed by atoms with Crippen LogP contribution in [0.2, 0.25) is 0 Å². The Hall–Kier alpha value is -3.20. The summed E-state index contributed by atoms with van der Waals surface area (Å²) in [6, 6.07) is 11.5. The van der Waals surface area contributed by atoms with Crippen LogP contribution in [0.3, 0.4) is 0 Å². The lowest BCUT2D eigenvalue weighted by Gasteiger charge is -2.11. The van der Waals surface area contributed by atoms with Gasteiger partial charge in [-0.3, -0.25) is 19.6 Å². The van der Waals surface area contributed by atoms with E-state index in [0.717, 1.165) is 21.4 Å². The number of aryl methyl sites for hydroxylation is 2. The fourth-order valence-electron chi connectivity index (χ4n) is 2.78. The number of halogens is 1. The number of nitro benzene ring substituents is 1. The molecule has 3 rings (SSSR count). The van der Waals surface area contributed by atoms with Gasteiger partial charge in [0.05, 0.1) is 32.5 Å². The zero-order valence-electron chi connectivity index (χ0n) is 16.1. The smallest absolute Gasteiger partial charge is 0.275 e. The first-order valence-corrected chi connectivity index (χ1v) is 9.56. The molecule has 1 amide bonds. The standard InChI is InChI=1S/C20H19BrN4O4/c1-12-6-4-5-7-18(12)29-17-9-15(8-16(10-17)25(27)28)22-19(26)11-24-14(3)20(21)13(2)23-24/h4-10H,11H2,1-3H3,(H,22,26). The molecule has 0 bridgehead atoms. The van der Waals surface area contributed by atoms with Gasteiger partial charge in [-0.2, -0.15) is 5.10 Å². The van der Waals surface area contributed by atoms with Crippen molar-refractivity contribution in [2.45, 2.75) is 27.3 Å². The number of nitrogens with one attached hydrogen (secondary N) is 1. The first-order chi connectivity index (χ1) is 13.7. The first kappa shape index (κ1) is 20.5. The van der Waals surface area contributed by atoms with Crippen LogP contribution < -0.4 is 10.1 Å². The van der Waals surface area contributed by atoms with E-state index in [4.69, 9.17) is 4.74 Å². The van der Waals surface area contributed by atoms with E-state index in [9.17, 15) is 14.9 Å². The number of carbonyl (C=O) groups is 1. The number of hydrogen-bond donors (Lipinski definition) is 1. The fraction of sp³-hybridized carbons (Fsp3) is 0.200. The zero-order chi connectivity index (χ0) is 21.1. The maximum Gasteiger partial charge on any atom is 0.275 e. The summed E-state index contributed by atoms with van der Waals surface area (Å²) < 4.78 is 8.21. The summed E-state index contributed by atoms with van der Waals surface area (Å²) in [4.78, 5) is 23.2. The molecule has 3 aromatic rings. The SMILES string of the molecule is Cc1ccccc1Oc1cc(NC(=O)Cn2nc(C)c(Br)c2C)cc([N+](=O)[O-])c1. The third-order valence-corrected chi connectivity index (χ3v) is 5.44. The highest BCUT2D eigenvalue weighted by atomic mass is 79.9. The van der Waals surface area contributed by atoms with Crippen molar-refractivity contribution < 1.29 is 14.5 Å². The van der Waals surface area contributed by atoms with Crippen molar-refractivity contribution in [2.75, 3.05) is 5.32 Å². The number of nitrogens with zero attached hydrogens (tertiary/aromatic N) is 3. The zero-order valence-corrected chi connectivity index (χ0v) is 17.7. The number of amides is 1. The van der Waals surface area contributed by atoms with Gasteiger partial charge >= 0.3 is 0 Å². The monoisotopic (exact) mass is 458 g/mol. The molecule has 0 aliphatic rings. The van der Waals surface area contributed by atoms with E-state index in [0.29, 0.717) is 5.75 Å². The molecule has 29 heavy (non-hydrogen) atoms. The molecule has 150 valence electrons. The van der Waals surface area contributed by atoms with Crippen molar-refractivity contribution in [3.05, 3.63) is 74.0 Å². The lowest BCUT2D eigenvalue weighted by Crippen LogP contribution is -2.20. The molecule has 1 aromatic heterocycles. The summed E-state index contributed by atoms with van der Waals surface area (Å²) in [5.41, 5.74) is 2.58. The second-order valence-corrected chi connectivity index (χ2v) is 7.32. The molecular weight excluding hydrogens is 440 g/mol. The van der Waals surface area contributed by atoms with E-state index in [1.165, 1.54) is 12.1 Å². The van der Waals surface area contributed by atoms with E-state index < -0.39 is 4.92 Å². The van der Waals surface area contributed by atoms with Crippen LogP contribution in [0, 0.1) is 30.9 Å². The van der Waals surface area contributed by atoms with Gasteiger partial charge in [0, 0.05) is 12.1 Å². The van der Waals surface area contributed by atoms with Gasteiger partial charge in [0.1, 0.15) is 18.0 Å². The lowest BCUT2D eigenvalue weighted by atomic mass is 10.2. The highest BCUT2D eigenvalue weighted by Gasteiger charge is 2.16. The number of benzene rings is 2. The Morgan fingerprint density at radius 3 is 2.59 bits per heavy atom. The number of aromatic nitrogens is 2. The number of anilines is 1. The molecule has 2 aromatic carbocycles. The molecule has 8 nitrogen and oxygen atoms in total. The number of rotatable bonds is 6. The van der Waals surface area contributed by atoms with Gasteiger partial charge in [-0.25, -0.2) is 0 Å². The van der Waals surface area contributed by atoms with Crippen molar-refractivity contribution in [1.29, 1.82) is 0 Å². The summed E-state index contributed by atoms with van der Waals surface area (Å²) in [6.45, 7) is 5.54. The molecule has 0 aliphatic heterocycles. The summed E-state index contributed by atoms with van der Waals surface area (Å²) >= 11 is 3.42. The minimum Gasteiger partial charge on any atom is -0.457 e. The van der Waals surface area contributed by atoms with Crippen LogP contribution in [0.25, 0.3) is 0 Å². The first-order valence-electron chi connectivity index (χ1n) is 8.77. The number of carbonyl (C=O) groups excluding carboxylic acids is 1. The van der Waals surface area contributed by atoms with Crippen molar-refractivity contribution in [3.8, 4) is 11.5 Å². The Kier molecular flexibility index (Phi) is 5.97. The predicted octanol–water partition coefficient (Wildman–Crippen LogP) is 4.91. The van der Waals surface area contributed by atoms with Gasteiger partial charge in [-0.05, 0) is 48.3 Å². The Morgan fingerprint density at radius 1 is 1.24 bits per heavy atom. The highest BCUT2D eigenvalue weighted by Crippen LogP contribution is 2.31. The topological polar surface area (TPSA) is 99.3 Å². The van der Waals surface area contributed by atoms with Crippen LogP contribution in [0.15, 0.2) is 46.9 Å². The van der Waals surface area contributed by atoms with E-state index >= 15 is 0 Å². The van der Waals surface area contributed by atoms with E-state index in [2.05, 4.69) is 26.3 Å². The number of hydrogen-bond acceptors (Lipinski definition) is 5. The number of ether oxygens (including phenoxy) is 1. The predicted molar refractivity (Wildman–Crippen MR) is 112 cm³/mol. The molecule has 0 spiro atoms. The normalized spacial score (nSPS) is 10.6. The fourth-order valence-corrected chi connectivity index (χ4v) is 3.07. The molecule has 0 saturated carbocycles. The quantitative estimate of drug-likeness (QED) is 0.417. The molecule has 0 saturated heterocycles. The van der Waals surface area contributed by atoms with Crippen molar-refractivity contribution in [1.82, 2.24) is 9.78 Å². The Morgan fingerprint density at radius 2 is 1.97 bits per heavy atom. The van der Waals surface area contributed by atoms with E-state index in [1.54, 1.807) is 16.8 Å². The molecule has 0 atom stereocenters. The van der Waals surface area contributed by atoms with Gasteiger partial charge in [0.2, 0.25) is 5.91 Å². The maximum absolute atomic E-state index is 12.5. The Balaban J connectivity index is 1.83. The van der Waals surface area contributed by atoms with Gasteiger partial charge < -0.3 is 10.1 Å². The number of nitro groups is 1. The van der Waals surface area contributed by atoms with Crippen LogP contribution in [-0.2, 0) is 11.3 Å². The summed E-state index contributed by atoms with van der Waals surface area (Å²) in [6.07, 6.45) is 0. The molecule has 9 heteroatoms. The third-order valence-electron chi connectivity index (χ3n) is 4.29. The van der Waals surface area contributed by atoms with Gasteiger partial charge in [0.15, 0.2) is 0 Å². The van der Waals surface area contributed by atoms with E-state index in [1.807, 2.05) is 39.0 Å². The summed E-state index contributed by atoms with van der Waals surface area (Å²) in [5.74, 6) is 0.487. The number of non-ortho nitro benzene ring substituents is 1. The van der Waals surface area contributed by atoms with Crippen LogP contribution in [-0.4, -0.2) is 20.6 Å². The minimum absolute atomic E-state index is 0.0189. The Labute approximate surface area is 175 Å². The van der Waals surface area contributed by atoms with Crippen LogP contribution in [0.4, 0.5) is 11.4 Å². The molecular formula is C20H19BrN4O4. The minimum atomic E-state index is -0.529. The molecule has 0 radical (unpaired) electrons. The van der Waals surface area contributed by atoms with Crippen LogP contribution in [0.5, 0.6) is 11.5 Å². The molecule has 0 aliphatic carbocycles. The van der Waals surface area contributed by atoms with Crippen molar-refractivity contribution >= 4 is 33.2 Å². The molecule has 1 heterocycles. The Bertz CT molecular complexity index is 1090. The maximum atomic E-state index is 12.5. The third kappa shape index (κ3) is 4.80. The van der Waals surface area contributed by atoms with Crippen LogP contribution in [0.1, 0.15) is 17.0 Å². The second kappa shape index (κ2) is 8.44. The largest absolute Gasteiger partial charge is 0.457 e. The lowest BCUT2D eigenvalue weighted by molar-refractivity contribution is -0.384. The average molecular weight is 459 g/mol. The van der Waals surface area contributed by atoms with Crippen molar-refractivity contribution in [2.24, 2.45) is 0 Å². The highest BCUT2D eigenvalue weighted by molar-refractivity contribution is 9.10. The van der Waals surface area contributed by atoms with Gasteiger partial charge in [0.25, 0.3) is 5.69 Å². The molecule has 1 N–H and O–H groups in total. The second-order valence-electron chi connectivity index (χ2n) is 6.53. The summed E-state index contributed by atoms with van der Waals surface area (Å²) in [7, 11) is 0. The molecule has 0 fully saturated rings. The number of para-hydroxylation sites is 1. The van der Waals surface area contributed by atoms with Gasteiger partial charge in [-0.15, -0.1) is 0 Å². The van der Waals surface area contributed by atoms with Crippen molar-refractivity contribution in [3.63, 3.8) is 0 Å². The molecule has 0 unspecified atom stereocenters. The summed E-state index contributed by atoms with van der Waals surface area (Å²) in [5, 5.41) is 18.3. The van der Waals surface area contributed by atoms with Gasteiger partial charge in [-0.1, -0.05) is 18.2 Å². The average Bonchev–Trinajstić information content (AvgIpc) is 2.90. The van der Waals surface area contributed by atoms with E-state index in [-0.39, 0.29) is 29.6 Å². The van der Waals surface area contributed by atoms with Crippen LogP contribution >= 0.6 is 15.9 Å².